The lowest BCUT2D eigenvalue weighted by atomic mass is 9.96. The Kier molecular flexibility index (Phi) is 5.21. The van der Waals surface area contributed by atoms with Crippen molar-refractivity contribution in [1.29, 1.82) is 0 Å². The van der Waals surface area contributed by atoms with Gasteiger partial charge in [0, 0.05) is 24.1 Å². The third-order valence-corrected chi connectivity index (χ3v) is 6.09. The van der Waals surface area contributed by atoms with Crippen LogP contribution in [0.4, 0.5) is 4.39 Å². The predicted octanol–water partition coefficient (Wildman–Crippen LogP) is 4.48. The molecule has 1 aromatic carbocycles. The van der Waals surface area contributed by atoms with Gasteiger partial charge in [-0.3, -0.25) is 9.98 Å². The summed E-state index contributed by atoms with van der Waals surface area (Å²) in [5, 5.41) is 3.94. The second kappa shape index (κ2) is 7.64. The number of benzene rings is 1. The molecule has 0 saturated carbocycles. The number of hydrogen-bond acceptors (Lipinski definition) is 3. The molecule has 0 amide bonds. The van der Waals surface area contributed by atoms with Crippen LogP contribution in [0.1, 0.15) is 37.1 Å². The van der Waals surface area contributed by atoms with Gasteiger partial charge in [-0.05, 0) is 42.3 Å². The second-order valence-corrected chi connectivity index (χ2v) is 8.39. The first-order valence-electron chi connectivity index (χ1n) is 9.70. The highest BCUT2D eigenvalue weighted by molar-refractivity contribution is 6.31. The van der Waals surface area contributed by atoms with Crippen molar-refractivity contribution in [2.75, 3.05) is 26.7 Å². The minimum Gasteiger partial charge on any atom is -0.337 e. The molecule has 1 fully saturated rings. The summed E-state index contributed by atoms with van der Waals surface area (Å²) in [5.41, 5.74) is 3.89. The number of nitrogens with zero attached hydrogens (tertiary/aromatic N) is 3. The maximum atomic E-state index is 13.6. The Morgan fingerprint density at radius 1 is 1.21 bits per heavy atom. The van der Waals surface area contributed by atoms with Gasteiger partial charge in [0.25, 0.3) is 0 Å². The average Bonchev–Trinajstić information content (AvgIpc) is 3.11. The van der Waals surface area contributed by atoms with Crippen LogP contribution in [-0.2, 0) is 0 Å². The van der Waals surface area contributed by atoms with Crippen LogP contribution in [0.15, 0.2) is 58.9 Å². The van der Waals surface area contributed by atoms with Gasteiger partial charge in [-0.2, -0.15) is 0 Å². The Morgan fingerprint density at radius 2 is 2.00 bits per heavy atom. The summed E-state index contributed by atoms with van der Waals surface area (Å²) in [6, 6.07) is 10.1. The molecule has 2 aliphatic rings. The smallest absolute Gasteiger partial charge is 0.152 e. The predicted molar refractivity (Wildman–Crippen MR) is 111 cm³/mol. The second-order valence-electron chi connectivity index (χ2n) is 7.98. The van der Waals surface area contributed by atoms with Crippen molar-refractivity contribution >= 4 is 17.4 Å². The highest BCUT2D eigenvalue weighted by Crippen LogP contribution is 2.36. The summed E-state index contributed by atoms with van der Waals surface area (Å²) >= 11 is 6.40. The molecule has 1 atom stereocenters. The minimum absolute atomic E-state index is 0.254. The van der Waals surface area contributed by atoms with Crippen molar-refractivity contribution < 1.29 is 8.87 Å². The third-order valence-electron chi connectivity index (χ3n) is 5.76. The molecule has 4 nitrogen and oxygen atoms in total. The van der Waals surface area contributed by atoms with Crippen LogP contribution in [-0.4, -0.2) is 42.0 Å². The summed E-state index contributed by atoms with van der Waals surface area (Å²) in [6.45, 7) is 5.35. The highest BCUT2D eigenvalue weighted by atomic mass is 35.5. The third kappa shape index (κ3) is 3.82. The number of hydrogen-bond donors (Lipinski definition) is 1. The van der Waals surface area contributed by atoms with Crippen molar-refractivity contribution in [3.05, 3.63) is 76.0 Å². The average molecular weight is 400 g/mol. The van der Waals surface area contributed by atoms with Crippen molar-refractivity contribution in [2.24, 2.45) is 4.99 Å². The number of rotatable bonds is 4. The molecular weight excluding hydrogens is 375 g/mol. The van der Waals surface area contributed by atoms with E-state index < -0.39 is 0 Å². The lowest BCUT2D eigenvalue weighted by molar-refractivity contribution is -0.893. The van der Waals surface area contributed by atoms with Crippen molar-refractivity contribution in [3.63, 3.8) is 0 Å². The van der Waals surface area contributed by atoms with Crippen LogP contribution in [0.3, 0.4) is 0 Å². The maximum Gasteiger partial charge on any atom is 0.152 e. The standard InChI is InChI=1S/C22H25ClFN4/c1-15-20(14-28(2)11-5-6-12-28)26-22(19-7-3-4-10-25-19)27-21(15)17-9-8-16(24)13-18(17)23/h3-4,7-10,13,21H,5-6,11-12,14H2,1-2H3,(H,26,27)/q+1. The van der Waals surface area contributed by atoms with E-state index in [0.29, 0.717) is 5.02 Å². The summed E-state index contributed by atoms with van der Waals surface area (Å²) in [6.07, 6.45) is 4.28. The number of quaternary nitrogens is 1. The van der Waals surface area contributed by atoms with Gasteiger partial charge in [0.05, 0.1) is 25.8 Å². The fourth-order valence-corrected chi connectivity index (χ4v) is 4.40. The van der Waals surface area contributed by atoms with Crippen molar-refractivity contribution in [3.8, 4) is 0 Å². The number of likely N-dealkylation sites (N-methyl/N-ethyl adjacent to an activating group) is 1. The van der Waals surface area contributed by atoms with E-state index in [1.54, 1.807) is 12.3 Å². The summed E-state index contributed by atoms with van der Waals surface area (Å²) < 4.78 is 14.6. The molecular formula is C22H25ClFN4+. The Hall–Kier alpha value is -2.24. The molecule has 0 spiro atoms. The van der Waals surface area contributed by atoms with Crippen LogP contribution in [0.5, 0.6) is 0 Å². The van der Waals surface area contributed by atoms with E-state index in [1.807, 2.05) is 18.2 Å². The fourth-order valence-electron chi connectivity index (χ4n) is 4.13. The molecule has 1 saturated heterocycles. The molecule has 0 radical (unpaired) electrons. The minimum atomic E-state index is -0.339. The summed E-state index contributed by atoms with van der Waals surface area (Å²) in [7, 11) is 2.31. The van der Waals surface area contributed by atoms with Crippen LogP contribution in [0, 0.1) is 5.82 Å². The van der Waals surface area contributed by atoms with Crippen molar-refractivity contribution in [2.45, 2.75) is 25.8 Å². The Bertz CT molecular complexity index is 933. The molecule has 6 heteroatoms. The maximum absolute atomic E-state index is 13.6. The molecule has 4 rings (SSSR count). The normalized spacial score (nSPS) is 21.4. The van der Waals surface area contributed by atoms with E-state index in [4.69, 9.17) is 16.6 Å². The van der Waals surface area contributed by atoms with Gasteiger partial charge in [0.15, 0.2) is 5.84 Å². The monoisotopic (exact) mass is 399 g/mol. The van der Waals surface area contributed by atoms with Gasteiger partial charge in [0.2, 0.25) is 0 Å². The van der Waals surface area contributed by atoms with Crippen molar-refractivity contribution in [1.82, 2.24) is 10.3 Å². The zero-order valence-corrected chi connectivity index (χ0v) is 17.0. The number of likely N-dealkylation sites (tertiary alicyclic amines) is 1. The quantitative estimate of drug-likeness (QED) is 0.769. The van der Waals surface area contributed by atoms with E-state index >= 15 is 0 Å². The molecule has 2 aromatic rings. The number of amidine groups is 1. The number of aromatic nitrogens is 1. The Labute approximate surface area is 170 Å². The topological polar surface area (TPSA) is 37.3 Å². The Morgan fingerprint density at radius 3 is 2.68 bits per heavy atom. The zero-order chi connectivity index (χ0) is 19.7. The van der Waals surface area contributed by atoms with Crippen LogP contribution in [0.2, 0.25) is 5.02 Å². The molecule has 146 valence electrons. The fraction of sp³-hybridized carbons (Fsp3) is 0.364. The summed E-state index contributed by atoms with van der Waals surface area (Å²) in [5.74, 6) is 0.394. The number of nitrogens with one attached hydrogen (secondary N) is 1. The van der Waals surface area contributed by atoms with Gasteiger partial charge in [-0.1, -0.05) is 23.7 Å². The molecule has 1 unspecified atom stereocenters. The molecule has 1 aromatic heterocycles. The largest absolute Gasteiger partial charge is 0.337 e. The van der Waals surface area contributed by atoms with E-state index in [9.17, 15) is 4.39 Å². The van der Waals surface area contributed by atoms with Gasteiger partial charge in [0.1, 0.15) is 24.1 Å². The van der Waals surface area contributed by atoms with E-state index in [-0.39, 0.29) is 11.9 Å². The van der Waals surface area contributed by atoms with E-state index in [0.717, 1.165) is 39.4 Å². The number of pyridine rings is 1. The van der Waals surface area contributed by atoms with Crippen LogP contribution in [0.25, 0.3) is 0 Å². The van der Waals surface area contributed by atoms with E-state index in [1.165, 1.54) is 38.1 Å². The highest BCUT2D eigenvalue weighted by Gasteiger charge is 2.33. The molecule has 2 aliphatic heterocycles. The Balaban J connectivity index is 1.76. The first-order chi connectivity index (χ1) is 13.5. The first kappa shape index (κ1) is 19.1. The molecule has 0 aliphatic carbocycles. The van der Waals surface area contributed by atoms with E-state index in [2.05, 4.69) is 24.3 Å². The molecule has 28 heavy (non-hydrogen) atoms. The lowest BCUT2D eigenvalue weighted by Gasteiger charge is -2.34. The van der Waals surface area contributed by atoms with Gasteiger partial charge in [-0.25, -0.2) is 4.39 Å². The SMILES string of the molecule is CC1=C(C[N+]2(C)CCCC2)NC(c2ccccn2)=NC1c1ccc(F)cc1Cl. The van der Waals surface area contributed by atoms with Crippen LogP contribution < -0.4 is 5.32 Å². The van der Waals surface area contributed by atoms with Crippen LogP contribution >= 0.6 is 11.6 Å². The molecule has 1 N–H and O–H groups in total. The number of halogens is 2. The lowest BCUT2D eigenvalue weighted by Crippen LogP contribution is -2.46. The summed E-state index contributed by atoms with van der Waals surface area (Å²) in [4.78, 5) is 9.37. The van der Waals surface area contributed by atoms with Gasteiger partial charge < -0.3 is 9.80 Å². The zero-order valence-electron chi connectivity index (χ0n) is 16.3. The first-order valence-corrected chi connectivity index (χ1v) is 10.1. The number of aliphatic imine (C=N–C) groups is 1. The van der Waals surface area contributed by atoms with Gasteiger partial charge in [-0.15, -0.1) is 0 Å². The molecule has 3 heterocycles. The van der Waals surface area contributed by atoms with Gasteiger partial charge >= 0.3 is 0 Å². The molecule has 0 bridgehead atoms.